The number of hydrogen-bond donors (Lipinski definition) is 18. The monoisotopic (exact) mass is 1750 g/mol. The van der Waals surface area contributed by atoms with E-state index in [0.717, 1.165) is 45.0 Å². The van der Waals surface area contributed by atoms with E-state index < -0.39 is 168 Å². The summed E-state index contributed by atoms with van der Waals surface area (Å²) in [5.74, 6) is -14.5. The lowest BCUT2D eigenvalue weighted by atomic mass is 9.80. The standard InChI is InChI=1S/C79H95BN18O22S3/c1-9-47-37(3)50-31-55-62(41(7)99)39(5)52(88-55)29-51-38(4)48(66(91-51)64-65(77(112)119-8)69(103)63-40(6)53(92-67(63)64)30-54(47)87-50)18-20-59(100)89-56(28-36(2)82-23-22-42-10-14-44(15-11-42)80(114)115)73(106)97-98-79(113)120-25-26-121-122-35-58(76(110)111)94-72(105)57(32-61(102)83-24-27-123(116,117)118)90-60(101)21-19-49(75(108)109)93-71(104)43-12-16-45(17-13-43)84-33-46-34-85-70-68(86-46)74(107)96-78(81)95-70/h10-17,29-31,34,36-38,47-49,56-58,65,82,84,88,92,114-115H,9,18-28,32-33,35H2,1-8H3,(H,83,102)(H,89,100)(H,90,101)(H,93,104)(H,94,105)(H,97,106)(H,98,113)(H,108,109)(H,110,111)(H,116,117,118)(H3,81,85,95,96,107)/t36?,37-,38+,47-,48+,49+,56?,57+,58+,65?/m1/s1. The first kappa shape index (κ1) is 93.0. The Bertz CT molecular complexity index is 5600. The molecule has 10 rings (SSSR count). The molecule has 0 saturated heterocycles. The summed E-state index contributed by atoms with van der Waals surface area (Å²) in [7, 11) is -3.21. The topological polar surface area (TPSA) is 622 Å². The number of benzene rings is 2. The molecule has 2 aliphatic heterocycles. The second-order valence-electron chi connectivity index (χ2n) is 29.8. The van der Waals surface area contributed by atoms with Crippen molar-refractivity contribution >= 4 is 160 Å². The number of hydrogen-bond acceptors (Lipinski definition) is 29. The fourth-order valence-corrected chi connectivity index (χ4v) is 17.1. The minimum absolute atomic E-state index is 0.00207. The van der Waals surface area contributed by atoms with E-state index in [1.807, 2.05) is 32.0 Å². The van der Waals surface area contributed by atoms with Gasteiger partial charge in [-0.25, -0.2) is 29.8 Å². The highest BCUT2D eigenvalue weighted by molar-refractivity contribution is 8.76. The number of esters is 1. The molecule has 0 fully saturated rings. The number of anilines is 2. The highest BCUT2D eigenvalue weighted by Gasteiger charge is 2.46. The number of ketones is 2. The molecule has 0 spiro atoms. The lowest BCUT2D eigenvalue weighted by Gasteiger charge is -2.24. The van der Waals surface area contributed by atoms with Crippen LogP contribution in [0, 0.1) is 13.8 Å². The first-order valence-electron chi connectivity index (χ1n) is 39.2. The number of ether oxygens (including phenoxy) is 2. The third kappa shape index (κ3) is 23.9. The number of nitrogens with two attached hydrogens (primary N) is 1. The number of hydrazine groups is 1. The number of carbonyl (C=O) groups excluding carboxylic acids is 10. The van der Waals surface area contributed by atoms with Crippen molar-refractivity contribution in [2.24, 2.45) is 0 Å². The fourth-order valence-electron chi connectivity index (χ4n) is 14.7. The van der Waals surface area contributed by atoms with Crippen molar-refractivity contribution in [3.63, 3.8) is 0 Å². The first-order chi connectivity index (χ1) is 58.4. The van der Waals surface area contributed by atoms with Gasteiger partial charge in [0.1, 0.15) is 36.7 Å². The molecule has 7 heterocycles. The lowest BCUT2D eigenvalue weighted by Crippen LogP contribution is -2.54. The summed E-state index contributed by atoms with van der Waals surface area (Å²) in [6.07, 6.45) is -1.04. The third-order valence-corrected chi connectivity index (χ3v) is 24.4. The van der Waals surface area contributed by atoms with Crippen LogP contribution in [-0.4, -0.2) is 226 Å². The molecule has 44 heteroatoms. The Balaban J connectivity index is 0.760. The van der Waals surface area contributed by atoms with Gasteiger partial charge in [-0.05, 0) is 131 Å². The van der Waals surface area contributed by atoms with Crippen LogP contribution in [0.3, 0.4) is 0 Å². The fraction of sp³-hybridized carbons (Fsp3) is 0.418. The van der Waals surface area contributed by atoms with E-state index in [1.54, 1.807) is 38.1 Å². The van der Waals surface area contributed by atoms with Crippen LogP contribution in [0.4, 0.5) is 16.4 Å². The number of aliphatic carboxylic acids is 2. The van der Waals surface area contributed by atoms with Crippen LogP contribution in [-0.2, 0) is 70.9 Å². The highest BCUT2D eigenvalue weighted by atomic mass is 33.1. The van der Waals surface area contributed by atoms with Crippen LogP contribution >= 0.6 is 21.6 Å². The molecule has 8 bridgehead atoms. The SMILES string of the molecule is CC[C@H]1c2cc3[nH]c4c(c3C)C(=O)C(C(=O)OC)c4c3nc(cc4[nH]c(cc(n2)[C@@H]1C)c(C(C)=O)c4C)[C@@H](C)[C@@H]3CCC(=O)NC(CC(C)NCCc1ccc(B(O)O)cc1)C(=O)NNC(=O)OCCSSC[C@H](NC(=O)[C@H](CC(=O)NCCS(=O)(=O)O)NC(=O)CC[C@H](NC(=O)c1ccc(NCc2cnc3nc(N)[nH]c(=O)c3n2)cc1)C(=O)O)C(=O)O. The smallest absolute Gasteiger partial charge is 0.480 e. The molecule has 0 radical (unpaired) electrons. The summed E-state index contributed by atoms with van der Waals surface area (Å²) >= 11 is 0. The molecule has 40 nitrogen and oxygen atoms in total. The van der Waals surface area contributed by atoms with Crippen LogP contribution in [0.5, 0.6) is 0 Å². The molecule has 123 heavy (non-hydrogen) atoms. The molecular weight excluding hydrogens is 1660 g/mol. The number of H-pyrrole nitrogens is 3. The Morgan fingerprint density at radius 1 is 0.724 bits per heavy atom. The van der Waals surface area contributed by atoms with Gasteiger partial charge in [0.25, 0.3) is 27.5 Å². The summed E-state index contributed by atoms with van der Waals surface area (Å²) < 4.78 is 42.5. The third-order valence-electron chi connectivity index (χ3n) is 21.3. The Morgan fingerprint density at radius 3 is 2.07 bits per heavy atom. The van der Waals surface area contributed by atoms with Crippen LogP contribution in [0.15, 0.2) is 77.7 Å². The summed E-state index contributed by atoms with van der Waals surface area (Å²) in [4.78, 5) is 207. The molecule has 19 N–H and O–H groups in total. The molecule has 3 aliphatic rings. The van der Waals surface area contributed by atoms with E-state index in [-0.39, 0.29) is 95.3 Å². The molecule has 3 unspecified atom stereocenters. The number of fused-ring (bicyclic) bond motifs is 9. The second kappa shape index (κ2) is 41.6. The van der Waals surface area contributed by atoms with Gasteiger partial charge in [0.2, 0.25) is 29.6 Å². The van der Waals surface area contributed by atoms with E-state index in [9.17, 15) is 95.6 Å². The summed E-state index contributed by atoms with van der Waals surface area (Å²) in [6.45, 7) is 12.3. The number of rotatable bonds is 39. The Morgan fingerprint density at radius 2 is 1.39 bits per heavy atom. The zero-order valence-corrected chi connectivity index (χ0v) is 70.5. The van der Waals surface area contributed by atoms with Gasteiger partial charge in [0.15, 0.2) is 22.7 Å². The van der Waals surface area contributed by atoms with Gasteiger partial charge < -0.3 is 82.7 Å². The van der Waals surface area contributed by atoms with E-state index in [2.05, 4.69) is 91.8 Å². The number of aromatic amines is 3. The molecule has 5 aromatic heterocycles. The van der Waals surface area contributed by atoms with Crippen molar-refractivity contribution in [2.75, 3.05) is 55.1 Å². The van der Waals surface area contributed by atoms with Gasteiger partial charge >= 0.3 is 31.1 Å². The van der Waals surface area contributed by atoms with Gasteiger partial charge in [-0.2, -0.15) is 13.4 Å². The molecule has 0 saturated carbocycles. The van der Waals surface area contributed by atoms with Gasteiger partial charge in [-0.15, -0.1) is 0 Å². The average Bonchev–Trinajstić information content (AvgIpc) is 1.56. The number of nitrogens with zero attached hydrogens (tertiary/aromatic N) is 5. The van der Waals surface area contributed by atoms with Crippen molar-refractivity contribution in [1.82, 2.24) is 82.6 Å². The quantitative estimate of drug-likeness (QED) is 0.00385. The largest absolute Gasteiger partial charge is 0.488 e. The number of Topliss-reactive ketones (excluding diaryl/α,β-unsaturated/α-hetero) is 2. The first-order valence-corrected chi connectivity index (χ1v) is 43.3. The zero-order valence-electron chi connectivity index (χ0n) is 68.1. The maximum Gasteiger partial charge on any atom is 0.488 e. The van der Waals surface area contributed by atoms with Crippen molar-refractivity contribution < 1.29 is 100 Å². The minimum atomic E-state index is -4.58. The number of carboxylic acid groups (broad SMARTS) is 2. The predicted octanol–water partition coefficient (Wildman–Crippen LogP) is 2.80. The van der Waals surface area contributed by atoms with Gasteiger partial charge in [0, 0.05) is 117 Å². The molecule has 1 aliphatic carbocycles. The average molecular weight is 1760 g/mol. The summed E-state index contributed by atoms with van der Waals surface area (Å²) in [5, 5.41) is 57.6. The van der Waals surface area contributed by atoms with Gasteiger partial charge in [-0.3, -0.25) is 72.9 Å². The number of nitrogen functional groups attached to an aromatic ring is 1. The number of carboxylic acids is 2. The summed E-state index contributed by atoms with van der Waals surface area (Å²) in [6, 6.07) is 10.8. The normalized spacial score (nSPS) is 16.5. The lowest BCUT2D eigenvalue weighted by molar-refractivity contribution is -0.142. The van der Waals surface area contributed by atoms with Crippen LogP contribution < -0.4 is 64.8 Å². The summed E-state index contributed by atoms with van der Waals surface area (Å²) in [5.41, 5.74) is 18.1. The number of amides is 7. The number of aromatic nitrogens is 8. The van der Waals surface area contributed by atoms with Crippen molar-refractivity contribution in [1.29, 1.82) is 0 Å². The molecule has 7 amide bonds. The van der Waals surface area contributed by atoms with Crippen molar-refractivity contribution in [3.8, 4) is 0 Å². The molecular formula is C79H95BN18O22S3. The minimum Gasteiger partial charge on any atom is -0.480 e. The van der Waals surface area contributed by atoms with Crippen LogP contribution in [0.2, 0.25) is 0 Å². The van der Waals surface area contributed by atoms with E-state index in [1.165, 1.54) is 44.5 Å². The Hall–Kier alpha value is -12.2. The Labute approximate surface area is 711 Å². The zero-order chi connectivity index (χ0) is 89.4. The van der Waals surface area contributed by atoms with E-state index in [0.29, 0.717) is 80.0 Å². The number of methoxy groups -OCH3 is 1. The van der Waals surface area contributed by atoms with Crippen LogP contribution in [0.25, 0.3) is 33.2 Å². The van der Waals surface area contributed by atoms with E-state index in [4.69, 9.17) is 25.2 Å². The maximum atomic E-state index is 14.8. The number of aryl methyl sites for hydroxylation is 2. The second-order valence-corrected chi connectivity index (χ2v) is 34.0. The molecule has 7 aromatic rings. The molecule has 654 valence electrons. The Kier molecular flexibility index (Phi) is 31.4. The van der Waals surface area contributed by atoms with Crippen molar-refractivity contribution in [3.05, 3.63) is 151 Å². The number of carbonyl (C=O) groups is 12. The molecule has 10 atom stereocenters. The maximum absolute atomic E-state index is 14.8. The van der Waals surface area contributed by atoms with Crippen LogP contribution in [0.1, 0.15) is 191 Å². The van der Waals surface area contributed by atoms with E-state index >= 15 is 0 Å². The predicted molar refractivity (Wildman–Crippen MR) is 453 cm³/mol. The van der Waals surface area contributed by atoms with Gasteiger partial charge in [-0.1, -0.05) is 66.6 Å². The highest BCUT2D eigenvalue weighted by Crippen LogP contribution is 2.49. The molecule has 2 aromatic carbocycles. The van der Waals surface area contributed by atoms with Crippen molar-refractivity contribution in [2.45, 2.75) is 166 Å². The van der Waals surface area contributed by atoms with Gasteiger partial charge in [0.05, 0.1) is 54.4 Å². The number of nitrogens with one attached hydrogen (secondary N) is 12.